The van der Waals surface area contributed by atoms with Crippen molar-refractivity contribution in [2.45, 2.75) is 19.8 Å². The van der Waals surface area contributed by atoms with E-state index in [1.54, 1.807) is 7.05 Å². The van der Waals surface area contributed by atoms with Crippen LogP contribution in [0.5, 0.6) is 0 Å². The molecule has 1 aliphatic heterocycles. The topological polar surface area (TPSA) is 58.4 Å². The van der Waals surface area contributed by atoms with Gasteiger partial charge in [0.1, 0.15) is 0 Å². The first-order chi connectivity index (χ1) is 7.17. The van der Waals surface area contributed by atoms with Gasteiger partial charge in [-0.2, -0.15) is 0 Å². The quantitative estimate of drug-likeness (QED) is 0.693. The summed E-state index contributed by atoms with van der Waals surface area (Å²) in [4.78, 5) is 13.8. The van der Waals surface area contributed by atoms with Crippen LogP contribution in [0.4, 0.5) is 0 Å². The molecule has 0 bridgehead atoms. The van der Waals surface area contributed by atoms with Crippen molar-refractivity contribution in [1.82, 2.24) is 10.2 Å². The number of nitrogens with two attached hydrogens (primary N) is 1. The van der Waals surface area contributed by atoms with Crippen molar-refractivity contribution in [2.24, 2.45) is 17.6 Å². The summed E-state index contributed by atoms with van der Waals surface area (Å²) in [5.41, 5.74) is 5.60. The van der Waals surface area contributed by atoms with E-state index < -0.39 is 0 Å². The maximum Gasteiger partial charge on any atom is 0.222 e. The first-order valence-electron chi connectivity index (χ1n) is 5.81. The average Bonchev–Trinajstić information content (AvgIpc) is 2.29. The van der Waals surface area contributed by atoms with Crippen LogP contribution in [0.3, 0.4) is 0 Å². The highest BCUT2D eigenvalue weighted by Gasteiger charge is 2.24. The molecule has 1 unspecified atom stereocenters. The van der Waals surface area contributed by atoms with Crippen molar-refractivity contribution in [2.75, 3.05) is 33.2 Å². The van der Waals surface area contributed by atoms with Gasteiger partial charge in [0.25, 0.3) is 0 Å². The van der Waals surface area contributed by atoms with Crippen LogP contribution >= 0.6 is 0 Å². The molecule has 0 spiro atoms. The largest absolute Gasteiger partial charge is 0.359 e. The third-order valence-corrected chi connectivity index (χ3v) is 3.18. The van der Waals surface area contributed by atoms with Crippen LogP contribution in [-0.2, 0) is 4.79 Å². The van der Waals surface area contributed by atoms with Gasteiger partial charge in [0, 0.05) is 19.5 Å². The molecule has 4 nitrogen and oxygen atoms in total. The second-order valence-corrected chi connectivity index (χ2v) is 4.53. The van der Waals surface area contributed by atoms with Crippen molar-refractivity contribution < 1.29 is 4.79 Å². The number of rotatable bonds is 4. The molecule has 88 valence electrons. The van der Waals surface area contributed by atoms with Gasteiger partial charge in [0.2, 0.25) is 5.91 Å². The Bertz CT molecular complexity index is 200. The number of hydrogen-bond donors (Lipinski definition) is 2. The molecular weight excluding hydrogens is 190 g/mol. The van der Waals surface area contributed by atoms with Gasteiger partial charge in [0.05, 0.1) is 0 Å². The zero-order chi connectivity index (χ0) is 11.3. The van der Waals surface area contributed by atoms with Crippen LogP contribution < -0.4 is 11.1 Å². The minimum absolute atomic E-state index is 0.196. The molecular formula is C11H23N3O. The van der Waals surface area contributed by atoms with E-state index in [0.717, 1.165) is 39.0 Å². The fraction of sp³-hybridized carbons (Fsp3) is 0.909. The van der Waals surface area contributed by atoms with Gasteiger partial charge in [-0.3, -0.25) is 4.79 Å². The average molecular weight is 213 g/mol. The number of carbonyl (C=O) groups excluding carboxylic acids is 1. The van der Waals surface area contributed by atoms with Crippen molar-refractivity contribution >= 4 is 5.91 Å². The van der Waals surface area contributed by atoms with Gasteiger partial charge in [-0.05, 0) is 38.4 Å². The molecule has 15 heavy (non-hydrogen) atoms. The molecule has 4 heteroatoms. The van der Waals surface area contributed by atoms with Crippen LogP contribution in [0.25, 0.3) is 0 Å². The lowest BCUT2D eigenvalue weighted by atomic mass is 9.95. The molecule has 0 aliphatic carbocycles. The second-order valence-electron chi connectivity index (χ2n) is 4.53. The van der Waals surface area contributed by atoms with Crippen LogP contribution in [0, 0.1) is 11.8 Å². The molecule has 1 atom stereocenters. The van der Waals surface area contributed by atoms with E-state index in [2.05, 4.69) is 17.1 Å². The summed E-state index contributed by atoms with van der Waals surface area (Å²) in [6.45, 7) is 6.04. The zero-order valence-corrected chi connectivity index (χ0v) is 9.83. The monoisotopic (exact) mass is 213 g/mol. The summed E-state index contributed by atoms with van der Waals surface area (Å²) >= 11 is 0. The maximum atomic E-state index is 11.4. The van der Waals surface area contributed by atoms with Gasteiger partial charge in [0.15, 0.2) is 0 Å². The normalized spacial score (nSPS) is 21.3. The fourth-order valence-corrected chi connectivity index (χ4v) is 2.10. The number of nitrogens with zero attached hydrogens (tertiary/aromatic N) is 1. The number of hydrogen-bond acceptors (Lipinski definition) is 3. The number of carbonyl (C=O) groups is 1. The molecule has 1 heterocycles. The van der Waals surface area contributed by atoms with E-state index in [1.807, 2.05) is 0 Å². The lowest BCUT2D eigenvalue weighted by Gasteiger charge is -2.32. The van der Waals surface area contributed by atoms with E-state index >= 15 is 0 Å². The summed E-state index contributed by atoms with van der Waals surface area (Å²) in [6, 6.07) is 0. The van der Waals surface area contributed by atoms with Crippen LogP contribution in [-0.4, -0.2) is 44.0 Å². The lowest BCUT2D eigenvalue weighted by molar-refractivity contribution is -0.125. The van der Waals surface area contributed by atoms with Crippen LogP contribution in [0.15, 0.2) is 0 Å². The zero-order valence-electron chi connectivity index (χ0n) is 9.83. The SMILES string of the molecule is CNC(=O)C1CCN(CC(C)CN)CC1. The smallest absolute Gasteiger partial charge is 0.222 e. The van der Waals surface area contributed by atoms with Crippen molar-refractivity contribution in [1.29, 1.82) is 0 Å². The number of piperidine rings is 1. The Morgan fingerprint density at radius 3 is 2.60 bits per heavy atom. The Morgan fingerprint density at radius 2 is 2.13 bits per heavy atom. The van der Waals surface area contributed by atoms with Gasteiger partial charge in [-0.25, -0.2) is 0 Å². The van der Waals surface area contributed by atoms with Gasteiger partial charge < -0.3 is 16.0 Å². The summed E-state index contributed by atoms with van der Waals surface area (Å²) in [7, 11) is 1.71. The maximum absolute atomic E-state index is 11.4. The van der Waals surface area contributed by atoms with Crippen LogP contribution in [0.2, 0.25) is 0 Å². The Kier molecular flexibility index (Phi) is 5.05. The Labute approximate surface area is 92.2 Å². The minimum Gasteiger partial charge on any atom is -0.359 e. The predicted octanol–water partition coefficient (Wildman–Crippen LogP) is 0.0392. The Hall–Kier alpha value is -0.610. The van der Waals surface area contributed by atoms with E-state index in [4.69, 9.17) is 5.73 Å². The first kappa shape index (κ1) is 12.5. The highest BCUT2D eigenvalue weighted by atomic mass is 16.1. The molecule has 0 aromatic rings. The molecule has 1 fully saturated rings. The van der Waals surface area contributed by atoms with Gasteiger partial charge in [-0.1, -0.05) is 6.92 Å². The van der Waals surface area contributed by atoms with Crippen LogP contribution in [0.1, 0.15) is 19.8 Å². The minimum atomic E-state index is 0.196. The first-order valence-corrected chi connectivity index (χ1v) is 5.81. The fourth-order valence-electron chi connectivity index (χ4n) is 2.10. The molecule has 0 aromatic heterocycles. The summed E-state index contributed by atoms with van der Waals surface area (Å²) in [6.07, 6.45) is 1.97. The number of likely N-dealkylation sites (tertiary alicyclic amines) is 1. The van der Waals surface area contributed by atoms with E-state index in [1.165, 1.54) is 0 Å². The third kappa shape index (κ3) is 3.80. The van der Waals surface area contributed by atoms with E-state index in [-0.39, 0.29) is 11.8 Å². The van der Waals surface area contributed by atoms with Crippen molar-refractivity contribution in [3.8, 4) is 0 Å². The Morgan fingerprint density at radius 1 is 1.53 bits per heavy atom. The molecule has 0 aromatic carbocycles. The highest BCUT2D eigenvalue weighted by Crippen LogP contribution is 2.17. The molecule has 3 N–H and O–H groups in total. The summed E-state index contributed by atoms with van der Waals surface area (Å²) < 4.78 is 0. The summed E-state index contributed by atoms with van der Waals surface area (Å²) in [5.74, 6) is 0.975. The molecule has 1 aliphatic rings. The van der Waals surface area contributed by atoms with Crippen molar-refractivity contribution in [3.05, 3.63) is 0 Å². The second kappa shape index (κ2) is 6.08. The molecule has 1 amide bonds. The molecule has 1 saturated heterocycles. The Balaban J connectivity index is 2.26. The standard InChI is InChI=1S/C11H23N3O/c1-9(7-12)8-14-5-3-10(4-6-14)11(15)13-2/h9-10H,3-8,12H2,1-2H3,(H,13,15). The third-order valence-electron chi connectivity index (χ3n) is 3.18. The van der Waals surface area contributed by atoms with E-state index in [9.17, 15) is 4.79 Å². The van der Waals surface area contributed by atoms with Gasteiger partial charge in [-0.15, -0.1) is 0 Å². The molecule has 0 saturated carbocycles. The number of nitrogens with one attached hydrogen (secondary N) is 1. The van der Waals surface area contributed by atoms with E-state index in [0.29, 0.717) is 5.92 Å². The highest BCUT2D eigenvalue weighted by molar-refractivity contribution is 5.78. The van der Waals surface area contributed by atoms with Crippen molar-refractivity contribution in [3.63, 3.8) is 0 Å². The number of amides is 1. The van der Waals surface area contributed by atoms with Gasteiger partial charge >= 0.3 is 0 Å². The summed E-state index contributed by atoms with van der Waals surface area (Å²) in [5, 5.41) is 2.72. The lowest BCUT2D eigenvalue weighted by Crippen LogP contribution is -2.41. The molecule has 0 radical (unpaired) electrons. The predicted molar refractivity (Wildman–Crippen MR) is 61.4 cm³/mol. The molecule has 1 rings (SSSR count).